The quantitative estimate of drug-likeness (QED) is 0.430. The fraction of sp³-hybridized carbons (Fsp3) is 0.0625. The molecule has 0 bridgehead atoms. The van der Waals surface area contributed by atoms with Gasteiger partial charge in [0.25, 0.3) is 0 Å². The Morgan fingerprint density at radius 2 is 1.81 bits per heavy atom. The van der Waals surface area contributed by atoms with E-state index in [2.05, 4.69) is 5.10 Å². The number of nitrogens with zero attached hydrogens (tertiary/aromatic N) is 1. The van der Waals surface area contributed by atoms with Crippen LogP contribution in [-0.2, 0) is 15.8 Å². The van der Waals surface area contributed by atoms with Crippen molar-refractivity contribution in [2.75, 3.05) is 5.32 Å². The van der Waals surface area contributed by atoms with Crippen molar-refractivity contribution >= 4 is 35.3 Å². The molecule has 0 atom stereocenters. The van der Waals surface area contributed by atoms with Gasteiger partial charge in [0.1, 0.15) is 5.75 Å². The molecule has 26 heavy (non-hydrogen) atoms. The van der Waals surface area contributed by atoms with Gasteiger partial charge in [-0.3, -0.25) is 9.59 Å². The molecular formula is C16H11ClF3N3O3. The third-order valence-electron chi connectivity index (χ3n) is 3.05. The van der Waals surface area contributed by atoms with Crippen molar-refractivity contribution in [1.29, 1.82) is 0 Å². The first-order chi connectivity index (χ1) is 12.2. The molecule has 0 aromatic heterocycles. The zero-order valence-electron chi connectivity index (χ0n) is 12.8. The van der Waals surface area contributed by atoms with Crippen LogP contribution in [0.1, 0.15) is 11.1 Å². The smallest absolute Gasteiger partial charge is 0.416 e. The molecule has 2 aromatic rings. The van der Waals surface area contributed by atoms with Gasteiger partial charge in [-0.05, 0) is 30.3 Å². The molecule has 0 spiro atoms. The number of alkyl halides is 3. The summed E-state index contributed by atoms with van der Waals surface area (Å²) in [4.78, 5) is 23.4. The molecule has 2 rings (SSSR count). The number of hydrogen-bond acceptors (Lipinski definition) is 4. The number of amides is 2. The number of phenols is 1. The Morgan fingerprint density at radius 1 is 1.12 bits per heavy atom. The molecule has 0 radical (unpaired) electrons. The van der Waals surface area contributed by atoms with Gasteiger partial charge in [0.15, 0.2) is 0 Å². The maximum Gasteiger partial charge on any atom is 0.416 e. The fourth-order valence-electron chi connectivity index (χ4n) is 1.78. The summed E-state index contributed by atoms with van der Waals surface area (Å²) >= 11 is 5.73. The molecule has 6 nitrogen and oxygen atoms in total. The van der Waals surface area contributed by atoms with E-state index in [0.717, 1.165) is 18.3 Å². The molecule has 0 aliphatic carbocycles. The molecule has 0 heterocycles. The molecular weight excluding hydrogens is 375 g/mol. The van der Waals surface area contributed by atoms with Crippen molar-refractivity contribution in [3.63, 3.8) is 0 Å². The number of carbonyl (C=O) groups excluding carboxylic acids is 2. The number of aromatic hydroxyl groups is 1. The Morgan fingerprint density at radius 3 is 2.46 bits per heavy atom. The first-order valence-corrected chi connectivity index (χ1v) is 7.35. The molecule has 0 fully saturated rings. The molecule has 2 amide bonds. The van der Waals surface area contributed by atoms with Gasteiger partial charge in [-0.2, -0.15) is 18.3 Å². The van der Waals surface area contributed by atoms with Crippen LogP contribution in [-0.4, -0.2) is 23.1 Å². The second-order valence-electron chi connectivity index (χ2n) is 4.90. The van der Waals surface area contributed by atoms with Crippen molar-refractivity contribution < 1.29 is 27.9 Å². The normalized spacial score (nSPS) is 11.4. The van der Waals surface area contributed by atoms with E-state index in [1.807, 2.05) is 10.7 Å². The summed E-state index contributed by atoms with van der Waals surface area (Å²) in [5.74, 6) is -2.59. The van der Waals surface area contributed by atoms with Crippen LogP contribution in [0.15, 0.2) is 47.6 Å². The second kappa shape index (κ2) is 7.87. The standard InChI is InChI=1S/C16H11ClF3N3O3/c17-11-6-5-10(16(18,19)20)7-12(11)22-14(25)15(26)23-21-8-9-3-1-2-4-13(9)24/h1-8,24H,(H,22,25)(H,23,26)/b21-8+. The highest BCUT2D eigenvalue weighted by Gasteiger charge is 2.31. The largest absolute Gasteiger partial charge is 0.507 e. The number of hydrazone groups is 1. The van der Waals surface area contributed by atoms with E-state index < -0.39 is 23.6 Å². The summed E-state index contributed by atoms with van der Waals surface area (Å²) in [6.45, 7) is 0. The molecule has 0 saturated heterocycles. The van der Waals surface area contributed by atoms with Crippen molar-refractivity contribution in [1.82, 2.24) is 5.43 Å². The average molecular weight is 386 g/mol. The lowest BCUT2D eigenvalue weighted by atomic mass is 10.2. The van der Waals surface area contributed by atoms with E-state index in [4.69, 9.17) is 11.6 Å². The molecule has 0 aliphatic rings. The third-order valence-corrected chi connectivity index (χ3v) is 3.38. The van der Waals surface area contributed by atoms with E-state index in [1.165, 1.54) is 12.1 Å². The molecule has 136 valence electrons. The molecule has 0 aliphatic heterocycles. The summed E-state index contributed by atoms with van der Waals surface area (Å²) in [6.07, 6.45) is -3.54. The fourth-order valence-corrected chi connectivity index (χ4v) is 1.95. The van der Waals surface area contributed by atoms with Crippen LogP contribution in [0.3, 0.4) is 0 Å². The van der Waals surface area contributed by atoms with Crippen LogP contribution < -0.4 is 10.7 Å². The lowest BCUT2D eigenvalue weighted by Gasteiger charge is -2.11. The first kappa shape index (κ1) is 19.3. The van der Waals surface area contributed by atoms with Gasteiger partial charge in [0, 0.05) is 5.56 Å². The SMILES string of the molecule is O=C(N/N=C/c1ccccc1O)C(=O)Nc1cc(C(F)(F)F)ccc1Cl. The van der Waals surface area contributed by atoms with Gasteiger partial charge in [-0.15, -0.1) is 0 Å². The number of nitrogens with one attached hydrogen (secondary N) is 2. The van der Waals surface area contributed by atoms with Crippen LogP contribution in [0.4, 0.5) is 18.9 Å². The number of benzene rings is 2. The lowest BCUT2D eigenvalue weighted by Crippen LogP contribution is -2.32. The highest BCUT2D eigenvalue weighted by Crippen LogP contribution is 2.33. The Balaban J connectivity index is 2.03. The van der Waals surface area contributed by atoms with Gasteiger partial charge < -0.3 is 10.4 Å². The summed E-state index contributed by atoms with van der Waals surface area (Å²) < 4.78 is 38.0. The number of anilines is 1. The summed E-state index contributed by atoms with van der Waals surface area (Å²) in [7, 11) is 0. The van der Waals surface area contributed by atoms with E-state index in [9.17, 15) is 27.9 Å². The van der Waals surface area contributed by atoms with E-state index in [1.54, 1.807) is 12.1 Å². The van der Waals surface area contributed by atoms with Gasteiger partial charge in [0.05, 0.1) is 22.5 Å². The Kier molecular flexibility index (Phi) is 5.83. The van der Waals surface area contributed by atoms with E-state index in [-0.39, 0.29) is 22.0 Å². The predicted molar refractivity (Wildman–Crippen MR) is 88.9 cm³/mol. The average Bonchev–Trinajstić information content (AvgIpc) is 2.57. The van der Waals surface area contributed by atoms with Gasteiger partial charge >= 0.3 is 18.0 Å². The zero-order chi connectivity index (χ0) is 19.3. The molecule has 2 aromatic carbocycles. The van der Waals surface area contributed by atoms with Crippen LogP contribution in [0.25, 0.3) is 0 Å². The van der Waals surface area contributed by atoms with Crippen molar-refractivity contribution in [3.8, 4) is 5.75 Å². The lowest BCUT2D eigenvalue weighted by molar-refractivity contribution is -0.137. The maximum absolute atomic E-state index is 12.7. The minimum atomic E-state index is -4.63. The summed E-state index contributed by atoms with van der Waals surface area (Å²) in [5.41, 5.74) is 0.770. The number of carbonyl (C=O) groups is 2. The second-order valence-corrected chi connectivity index (χ2v) is 5.31. The van der Waals surface area contributed by atoms with Gasteiger partial charge in [-0.1, -0.05) is 23.7 Å². The van der Waals surface area contributed by atoms with Crippen molar-refractivity contribution in [3.05, 3.63) is 58.6 Å². The topological polar surface area (TPSA) is 90.8 Å². The van der Waals surface area contributed by atoms with E-state index in [0.29, 0.717) is 6.07 Å². The van der Waals surface area contributed by atoms with Gasteiger partial charge in [-0.25, -0.2) is 5.43 Å². The highest BCUT2D eigenvalue weighted by atomic mass is 35.5. The zero-order valence-corrected chi connectivity index (χ0v) is 13.6. The van der Waals surface area contributed by atoms with Crippen LogP contribution in [0.2, 0.25) is 5.02 Å². The van der Waals surface area contributed by atoms with Gasteiger partial charge in [0.2, 0.25) is 0 Å². The Labute approximate surface area is 150 Å². The van der Waals surface area contributed by atoms with Crippen molar-refractivity contribution in [2.24, 2.45) is 5.10 Å². The van der Waals surface area contributed by atoms with Crippen molar-refractivity contribution in [2.45, 2.75) is 6.18 Å². The van der Waals surface area contributed by atoms with E-state index >= 15 is 0 Å². The predicted octanol–water partition coefficient (Wildman–Crippen LogP) is 3.15. The number of para-hydroxylation sites is 1. The van der Waals surface area contributed by atoms with Crippen LogP contribution in [0, 0.1) is 0 Å². The maximum atomic E-state index is 12.7. The third kappa shape index (κ3) is 4.96. The summed E-state index contributed by atoms with van der Waals surface area (Å²) in [6, 6.07) is 8.41. The molecule has 3 N–H and O–H groups in total. The first-order valence-electron chi connectivity index (χ1n) is 6.97. The molecule has 10 heteroatoms. The van der Waals surface area contributed by atoms with Crippen LogP contribution in [0.5, 0.6) is 5.75 Å². The van der Waals surface area contributed by atoms with Crippen LogP contribution >= 0.6 is 11.6 Å². The minimum absolute atomic E-state index is 0.0919. The number of halogens is 4. The molecule has 0 unspecified atom stereocenters. The summed E-state index contributed by atoms with van der Waals surface area (Å²) in [5, 5.41) is 14.8. The monoisotopic (exact) mass is 385 g/mol. The number of phenolic OH excluding ortho intramolecular Hbond substituents is 1. The highest BCUT2D eigenvalue weighted by molar-refractivity contribution is 6.41. The number of rotatable bonds is 3. The number of hydrogen-bond donors (Lipinski definition) is 3. The minimum Gasteiger partial charge on any atom is -0.507 e. The Bertz CT molecular complexity index is 869. The molecule has 0 saturated carbocycles. The Hall–Kier alpha value is -3.07.